The first-order chi connectivity index (χ1) is 22.4. The van der Waals surface area contributed by atoms with Crippen molar-refractivity contribution in [3.05, 3.63) is 76.5 Å². The second kappa shape index (κ2) is 12.7. The fourth-order valence-corrected chi connectivity index (χ4v) is 5.63. The molecule has 0 aliphatic carbocycles. The summed E-state index contributed by atoms with van der Waals surface area (Å²) in [5, 5.41) is 23.9. The Balaban J connectivity index is 1.53. The van der Waals surface area contributed by atoms with Crippen molar-refractivity contribution < 1.29 is 34.1 Å². The summed E-state index contributed by atoms with van der Waals surface area (Å²) in [7, 11) is 0. The number of carboxylic acid groups (broad SMARTS) is 1. The normalized spacial score (nSPS) is 12.7. The Morgan fingerprint density at radius 1 is 0.938 bits per heavy atom. The topological polar surface area (TPSA) is 164 Å². The molecule has 0 saturated heterocycles. The number of hydrogen-bond acceptors (Lipinski definition) is 8. The number of aromatic hydroxyl groups is 1. The Hall–Kier alpha value is -5.39. The number of aromatic nitrogens is 3. The number of esters is 1. The third-order valence-electron chi connectivity index (χ3n) is 7.60. The van der Waals surface area contributed by atoms with E-state index in [2.05, 4.69) is 9.97 Å². The number of fused-ring (bicyclic) bond motifs is 4. The molecule has 2 heterocycles. The van der Waals surface area contributed by atoms with Crippen molar-refractivity contribution in [3.63, 3.8) is 0 Å². The SMILES string of the molecule is Cc1nc2ccc3ccc(CN(C(=O)OC(C)(C)C)c4ccc5c(O)n(C(CCC(=O)OC(C)(C)C)C(=O)O)cc5c4)cc3c2c(=O)[nH]1. The van der Waals surface area contributed by atoms with Gasteiger partial charge in [0.25, 0.3) is 5.56 Å². The third kappa shape index (κ3) is 7.43. The molecule has 0 saturated carbocycles. The van der Waals surface area contributed by atoms with Gasteiger partial charge in [0.05, 0.1) is 17.4 Å². The lowest BCUT2D eigenvalue weighted by Crippen LogP contribution is -2.36. The number of aliphatic carboxylic acids is 1. The maximum absolute atomic E-state index is 13.6. The van der Waals surface area contributed by atoms with Crippen molar-refractivity contribution >= 4 is 56.2 Å². The quantitative estimate of drug-likeness (QED) is 0.121. The summed E-state index contributed by atoms with van der Waals surface area (Å²) in [5.41, 5.74) is -0.0713. The number of rotatable bonds is 8. The number of carbonyl (C=O) groups is 3. The number of H-pyrrole nitrogens is 1. The highest BCUT2D eigenvalue weighted by atomic mass is 16.6. The number of aromatic amines is 1. The number of anilines is 1. The Labute approximate surface area is 276 Å². The number of carbonyl (C=O) groups excluding carboxylic acids is 2. The Bertz CT molecular complexity index is 2120. The van der Waals surface area contributed by atoms with Gasteiger partial charge >= 0.3 is 18.0 Å². The number of ether oxygens (including phenoxy) is 2. The zero-order valence-electron chi connectivity index (χ0n) is 28.1. The molecule has 1 unspecified atom stereocenters. The van der Waals surface area contributed by atoms with Crippen molar-refractivity contribution in [2.24, 2.45) is 0 Å². The van der Waals surface area contributed by atoms with Gasteiger partial charge in [0.15, 0.2) is 5.88 Å². The first kappa shape index (κ1) is 34.0. The zero-order chi connectivity index (χ0) is 35.1. The molecule has 0 spiro atoms. The van der Waals surface area contributed by atoms with Crippen LogP contribution in [-0.4, -0.2) is 54.0 Å². The monoisotopic (exact) mass is 656 g/mol. The molecule has 3 aromatic carbocycles. The first-order valence-electron chi connectivity index (χ1n) is 15.6. The molecule has 0 aliphatic heterocycles. The van der Waals surface area contributed by atoms with Crippen LogP contribution in [-0.2, 0) is 25.6 Å². The second-order valence-electron chi connectivity index (χ2n) is 13.8. The summed E-state index contributed by atoms with van der Waals surface area (Å²) in [4.78, 5) is 59.8. The van der Waals surface area contributed by atoms with Gasteiger partial charge in [-0.15, -0.1) is 0 Å². The summed E-state index contributed by atoms with van der Waals surface area (Å²) in [6.45, 7) is 12.3. The van der Waals surface area contributed by atoms with Crippen molar-refractivity contribution in [1.29, 1.82) is 0 Å². The molecule has 5 aromatic rings. The molecule has 12 heteroatoms. The highest BCUT2D eigenvalue weighted by Crippen LogP contribution is 2.35. The van der Waals surface area contributed by atoms with Gasteiger partial charge in [-0.05, 0) is 102 Å². The standard InChI is InChI=1S/C36H40N4O8/c1-20-37-27-13-10-22-9-8-21(16-26(22)30(27)31(42)38-20)18-39(34(46)48-36(5,6)7)24-11-12-25-23(17-24)19-40(32(25)43)28(33(44)45)14-15-29(41)47-35(2,3)4/h8-13,16-17,19,28,43H,14-15,18H2,1-7H3,(H,44,45)(H,37,38,42). The van der Waals surface area contributed by atoms with Gasteiger partial charge in [-0.3, -0.25) is 14.5 Å². The minimum atomic E-state index is -1.25. The highest BCUT2D eigenvalue weighted by Gasteiger charge is 2.28. The average molecular weight is 657 g/mol. The lowest BCUT2D eigenvalue weighted by atomic mass is 10.0. The minimum absolute atomic E-state index is 0.0737. The van der Waals surface area contributed by atoms with Gasteiger partial charge < -0.3 is 29.2 Å². The summed E-state index contributed by atoms with van der Waals surface area (Å²) < 4.78 is 12.3. The van der Waals surface area contributed by atoms with Crippen LogP contribution in [0.4, 0.5) is 10.5 Å². The fourth-order valence-electron chi connectivity index (χ4n) is 5.63. The predicted octanol–water partition coefficient (Wildman–Crippen LogP) is 6.73. The summed E-state index contributed by atoms with van der Waals surface area (Å²) in [6.07, 6.45) is 0.588. The molecule has 2 aromatic heterocycles. The average Bonchev–Trinajstić information content (AvgIpc) is 3.28. The predicted molar refractivity (Wildman–Crippen MR) is 182 cm³/mol. The number of nitrogens with zero attached hydrogens (tertiary/aromatic N) is 3. The van der Waals surface area contributed by atoms with Gasteiger partial charge in [0.2, 0.25) is 0 Å². The maximum Gasteiger partial charge on any atom is 0.415 e. The number of amides is 1. The second-order valence-corrected chi connectivity index (χ2v) is 13.8. The lowest BCUT2D eigenvalue weighted by Gasteiger charge is -2.28. The molecule has 0 aliphatic rings. The summed E-state index contributed by atoms with van der Waals surface area (Å²) in [6, 6.07) is 12.9. The minimum Gasteiger partial charge on any atom is -0.494 e. The molecule has 3 N–H and O–H groups in total. The van der Waals surface area contributed by atoms with E-state index >= 15 is 0 Å². The summed E-state index contributed by atoms with van der Waals surface area (Å²) in [5.74, 6) is -1.55. The maximum atomic E-state index is 13.6. The molecular weight excluding hydrogens is 616 g/mol. The van der Waals surface area contributed by atoms with Crippen LogP contribution in [0.1, 0.15) is 71.8 Å². The van der Waals surface area contributed by atoms with Crippen molar-refractivity contribution in [3.8, 4) is 5.88 Å². The molecule has 252 valence electrons. The van der Waals surface area contributed by atoms with E-state index in [0.717, 1.165) is 10.9 Å². The van der Waals surface area contributed by atoms with E-state index in [1.54, 1.807) is 72.7 Å². The molecule has 0 bridgehead atoms. The van der Waals surface area contributed by atoms with E-state index in [4.69, 9.17) is 9.47 Å². The number of carboxylic acids is 1. The zero-order valence-corrected chi connectivity index (χ0v) is 28.1. The highest BCUT2D eigenvalue weighted by molar-refractivity contribution is 6.06. The van der Waals surface area contributed by atoms with Gasteiger partial charge in [0.1, 0.15) is 23.1 Å². The number of nitrogens with one attached hydrogen (secondary N) is 1. The number of benzene rings is 3. The van der Waals surface area contributed by atoms with Crippen LogP contribution in [0.2, 0.25) is 0 Å². The Kier molecular flexibility index (Phi) is 8.96. The fraction of sp³-hybridized carbons (Fsp3) is 0.361. The molecular formula is C36H40N4O8. The molecule has 1 amide bonds. The van der Waals surface area contributed by atoms with Crippen molar-refractivity contribution in [2.75, 3.05) is 4.90 Å². The van der Waals surface area contributed by atoms with Gasteiger partial charge in [-0.2, -0.15) is 0 Å². The van der Waals surface area contributed by atoms with Crippen LogP contribution in [0.15, 0.2) is 59.5 Å². The van der Waals surface area contributed by atoms with Crippen LogP contribution in [0, 0.1) is 6.92 Å². The van der Waals surface area contributed by atoms with Crippen LogP contribution >= 0.6 is 0 Å². The third-order valence-corrected chi connectivity index (χ3v) is 7.60. The molecule has 1 atom stereocenters. The van der Waals surface area contributed by atoms with Crippen LogP contribution in [0.25, 0.3) is 32.4 Å². The van der Waals surface area contributed by atoms with Gasteiger partial charge in [-0.25, -0.2) is 14.6 Å². The smallest absolute Gasteiger partial charge is 0.415 e. The lowest BCUT2D eigenvalue weighted by molar-refractivity contribution is -0.155. The first-order valence-corrected chi connectivity index (χ1v) is 15.6. The molecule has 5 rings (SSSR count). The van der Waals surface area contributed by atoms with E-state index in [-0.39, 0.29) is 30.8 Å². The number of hydrogen-bond donors (Lipinski definition) is 3. The molecule has 48 heavy (non-hydrogen) atoms. The van der Waals surface area contributed by atoms with Crippen LogP contribution < -0.4 is 10.5 Å². The van der Waals surface area contributed by atoms with Crippen molar-refractivity contribution in [1.82, 2.24) is 14.5 Å². The molecule has 12 nitrogen and oxygen atoms in total. The molecule has 0 fully saturated rings. The van der Waals surface area contributed by atoms with Gasteiger partial charge in [-0.1, -0.05) is 18.2 Å². The summed E-state index contributed by atoms with van der Waals surface area (Å²) >= 11 is 0. The largest absolute Gasteiger partial charge is 0.494 e. The Morgan fingerprint density at radius 2 is 1.62 bits per heavy atom. The van der Waals surface area contributed by atoms with Crippen LogP contribution in [0.3, 0.4) is 0 Å². The van der Waals surface area contributed by atoms with Crippen LogP contribution in [0.5, 0.6) is 5.88 Å². The van der Waals surface area contributed by atoms with Crippen molar-refractivity contribution in [2.45, 2.75) is 85.1 Å². The van der Waals surface area contributed by atoms with Gasteiger partial charge in [0, 0.05) is 29.1 Å². The molecule has 0 radical (unpaired) electrons. The van der Waals surface area contributed by atoms with E-state index < -0.39 is 35.3 Å². The van der Waals surface area contributed by atoms with E-state index in [9.17, 15) is 29.4 Å². The van der Waals surface area contributed by atoms with E-state index in [0.29, 0.717) is 38.6 Å². The van der Waals surface area contributed by atoms with E-state index in [1.165, 1.54) is 15.7 Å². The van der Waals surface area contributed by atoms with E-state index in [1.807, 2.05) is 24.3 Å². The number of aryl methyl sites for hydroxylation is 1. The Morgan fingerprint density at radius 3 is 2.29 bits per heavy atom.